The molecule has 0 unspecified atom stereocenters. The fraction of sp³-hybridized carbons (Fsp3) is 0.440. The molecule has 156 valence electrons. The third-order valence-electron chi connectivity index (χ3n) is 5.15. The van der Waals surface area contributed by atoms with Crippen molar-refractivity contribution in [1.82, 2.24) is 4.90 Å². The monoisotopic (exact) mass is 394 g/mol. The van der Waals surface area contributed by atoms with E-state index in [1.54, 1.807) is 4.90 Å². The van der Waals surface area contributed by atoms with Crippen LogP contribution in [0.4, 0.5) is 5.69 Å². The Hall–Kier alpha value is -2.62. The number of hydrogen-bond donors (Lipinski definition) is 1. The Morgan fingerprint density at radius 1 is 0.897 bits per heavy atom. The Balaban J connectivity index is 2.04. The highest BCUT2D eigenvalue weighted by Crippen LogP contribution is 2.32. The van der Waals surface area contributed by atoms with Gasteiger partial charge in [0.05, 0.1) is 6.54 Å². The first-order valence-electron chi connectivity index (χ1n) is 10.5. The molecule has 0 bridgehead atoms. The zero-order valence-electron chi connectivity index (χ0n) is 18.4. The van der Waals surface area contributed by atoms with Crippen molar-refractivity contribution in [3.05, 3.63) is 65.2 Å². The minimum atomic E-state index is -0.144. The molecular weight excluding hydrogens is 360 g/mol. The molecule has 0 radical (unpaired) electrons. The van der Waals surface area contributed by atoms with E-state index in [-0.39, 0.29) is 18.4 Å². The van der Waals surface area contributed by atoms with Gasteiger partial charge in [-0.15, -0.1) is 0 Å². The van der Waals surface area contributed by atoms with Gasteiger partial charge in [0.1, 0.15) is 0 Å². The molecule has 29 heavy (non-hydrogen) atoms. The SMILES string of the molecule is CC(=O)N(CCCc1ccccc1)CC(=O)Nc1c(C(C)C)cccc1C(C)C. The predicted molar refractivity (Wildman–Crippen MR) is 120 cm³/mol. The molecule has 0 aliphatic rings. The van der Waals surface area contributed by atoms with Gasteiger partial charge in [0.25, 0.3) is 0 Å². The molecule has 2 amide bonds. The van der Waals surface area contributed by atoms with E-state index >= 15 is 0 Å². The second-order valence-corrected chi connectivity index (χ2v) is 8.20. The standard InChI is InChI=1S/C25H34N2O2/c1-18(2)22-14-9-15-23(19(3)4)25(22)26-24(29)17-27(20(5)28)16-10-13-21-11-7-6-8-12-21/h6-9,11-12,14-15,18-19H,10,13,16-17H2,1-5H3,(H,26,29). The predicted octanol–water partition coefficient (Wildman–Crippen LogP) is 5.35. The van der Waals surface area contributed by atoms with Gasteiger partial charge in [-0.05, 0) is 41.4 Å². The van der Waals surface area contributed by atoms with Crippen LogP contribution in [0.15, 0.2) is 48.5 Å². The Bertz CT molecular complexity index is 787. The molecule has 0 saturated heterocycles. The zero-order valence-corrected chi connectivity index (χ0v) is 18.4. The lowest BCUT2D eigenvalue weighted by Gasteiger charge is -2.23. The van der Waals surface area contributed by atoms with Crippen molar-refractivity contribution >= 4 is 17.5 Å². The largest absolute Gasteiger partial charge is 0.334 e. The number of carbonyl (C=O) groups is 2. The van der Waals surface area contributed by atoms with Crippen LogP contribution in [-0.2, 0) is 16.0 Å². The quantitative estimate of drug-likeness (QED) is 0.623. The second kappa shape index (κ2) is 10.8. The van der Waals surface area contributed by atoms with Crippen molar-refractivity contribution in [2.75, 3.05) is 18.4 Å². The van der Waals surface area contributed by atoms with Gasteiger partial charge in [0.15, 0.2) is 0 Å². The van der Waals surface area contributed by atoms with Crippen LogP contribution < -0.4 is 5.32 Å². The first-order chi connectivity index (χ1) is 13.8. The van der Waals surface area contributed by atoms with E-state index in [9.17, 15) is 9.59 Å². The molecule has 0 aliphatic heterocycles. The van der Waals surface area contributed by atoms with Crippen molar-refractivity contribution in [2.45, 2.75) is 59.3 Å². The van der Waals surface area contributed by atoms with Crippen LogP contribution in [0.2, 0.25) is 0 Å². The summed E-state index contributed by atoms with van der Waals surface area (Å²) in [4.78, 5) is 26.5. The minimum Gasteiger partial charge on any atom is -0.334 e. The summed E-state index contributed by atoms with van der Waals surface area (Å²) in [5, 5.41) is 3.10. The number of nitrogens with zero attached hydrogens (tertiary/aromatic N) is 1. The van der Waals surface area contributed by atoms with Gasteiger partial charge in [-0.2, -0.15) is 0 Å². The van der Waals surface area contributed by atoms with E-state index in [2.05, 4.69) is 57.3 Å². The van der Waals surface area contributed by atoms with E-state index in [1.807, 2.05) is 24.3 Å². The first-order valence-corrected chi connectivity index (χ1v) is 10.5. The van der Waals surface area contributed by atoms with Crippen LogP contribution in [-0.4, -0.2) is 29.8 Å². The molecule has 0 fully saturated rings. The first kappa shape index (κ1) is 22.7. The molecule has 2 aromatic carbocycles. The van der Waals surface area contributed by atoms with E-state index in [0.29, 0.717) is 18.4 Å². The maximum Gasteiger partial charge on any atom is 0.244 e. The molecule has 0 heterocycles. The molecule has 0 aromatic heterocycles. The fourth-order valence-electron chi connectivity index (χ4n) is 3.51. The summed E-state index contributed by atoms with van der Waals surface area (Å²) < 4.78 is 0. The number of benzene rings is 2. The Labute approximate surface area is 175 Å². The maximum absolute atomic E-state index is 12.8. The summed E-state index contributed by atoms with van der Waals surface area (Å²) in [5.74, 6) is 0.391. The zero-order chi connectivity index (χ0) is 21.4. The van der Waals surface area contributed by atoms with E-state index < -0.39 is 0 Å². The van der Waals surface area contributed by atoms with E-state index in [1.165, 1.54) is 12.5 Å². The fourth-order valence-corrected chi connectivity index (χ4v) is 3.51. The summed E-state index contributed by atoms with van der Waals surface area (Å²) in [6.07, 6.45) is 1.72. The van der Waals surface area contributed by atoms with Gasteiger partial charge < -0.3 is 10.2 Å². The number of hydrogen-bond acceptors (Lipinski definition) is 2. The molecule has 0 aliphatic carbocycles. The van der Waals surface area contributed by atoms with Gasteiger partial charge in [0, 0.05) is 19.2 Å². The van der Waals surface area contributed by atoms with Gasteiger partial charge in [-0.25, -0.2) is 0 Å². The van der Waals surface area contributed by atoms with Crippen LogP contribution in [0, 0.1) is 0 Å². The molecule has 0 atom stereocenters. The number of aryl methyl sites for hydroxylation is 1. The lowest BCUT2D eigenvalue weighted by atomic mass is 9.92. The van der Waals surface area contributed by atoms with E-state index in [4.69, 9.17) is 0 Å². The lowest BCUT2D eigenvalue weighted by Crippen LogP contribution is -2.37. The van der Waals surface area contributed by atoms with Gasteiger partial charge >= 0.3 is 0 Å². The van der Waals surface area contributed by atoms with Crippen LogP contribution >= 0.6 is 0 Å². The van der Waals surface area contributed by atoms with Crippen LogP contribution in [0.1, 0.15) is 69.6 Å². The maximum atomic E-state index is 12.8. The third-order valence-corrected chi connectivity index (χ3v) is 5.15. The molecule has 2 rings (SSSR count). The molecule has 4 nitrogen and oxygen atoms in total. The summed E-state index contributed by atoms with van der Waals surface area (Å²) in [6, 6.07) is 16.4. The van der Waals surface area contributed by atoms with Crippen molar-refractivity contribution in [2.24, 2.45) is 0 Å². The third kappa shape index (κ3) is 6.74. The van der Waals surface area contributed by atoms with Crippen LogP contribution in [0.25, 0.3) is 0 Å². The second-order valence-electron chi connectivity index (χ2n) is 8.20. The number of para-hydroxylation sites is 1. The van der Waals surface area contributed by atoms with Gasteiger partial charge in [-0.1, -0.05) is 76.2 Å². The summed E-state index contributed by atoms with van der Waals surface area (Å²) in [7, 11) is 0. The van der Waals surface area contributed by atoms with Crippen molar-refractivity contribution in [3.8, 4) is 0 Å². The molecule has 0 saturated carbocycles. The molecule has 0 spiro atoms. The highest BCUT2D eigenvalue weighted by atomic mass is 16.2. The molecule has 1 N–H and O–H groups in total. The Morgan fingerprint density at radius 3 is 2.00 bits per heavy atom. The van der Waals surface area contributed by atoms with Crippen LogP contribution in [0.3, 0.4) is 0 Å². The van der Waals surface area contributed by atoms with Crippen LogP contribution in [0.5, 0.6) is 0 Å². The number of nitrogens with one attached hydrogen (secondary N) is 1. The van der Waals surface area contributed by atoms with E-state index in [0.717, 1.165) is 29.7 Å². The lowest BCUT2D eigenvalue weighted by molar-refractivity contribution is -0.132. The summed E-state index contributed by atoms with van der Waals surface area (Å²) in [6.45, 7) is 10.7. The normalized spacial score (nSPS) is 11.0. The number of carbonyl (C=O) groups excluding carboxylic acids is 2. The number of rotatable bonds is 9. The molecule has 4 heteroatoms. The average molecular weight is 395 g/mol. The summed E-state index contributed by atoms with van der Waals surface area (Å²) >= 11 is 0. The van der Waals surface area contributed by atoms with Crippen molar-refractivity contribution < 1.29 is 9.59 Å². The topological polar surface area (TPSA) is 49.4 Å². The number of amides is 2. The average Bonchev–Trinajstić information content (AvgIpc) is 2.67. The van der Waals surface area contributed by atoms with Crippen molar-refractivity contribution in [3.63, 3.8) is 0 Å². The highest BCUT2D eigenvalue weighted by Gasteiger charge is 2.18. The molecule has 2 aromatic rings. The smallest absolute Gasteiger partial charge is 0.244 e. The molecular formula is C25H34N2O2. The van der Waals surface area contributed by atoms with Gasteiger partial charge in [0.2, 0.25) is 11.8 Å². The highest BCUT2D eigenvalue weighted by molar-refractivity contribution is 5.95. The number of anilines is 1. The Morgan fingerprint density at radius 2 is 1.48 bits per heavy atom. The van der Waals surface area contributed by atoms with Crippen molar-refractivity contribution in [1.29, 1.82) is 0 Å². The van der Waals surface area contributed by atoms with Gasteiger partial charge in [-0.3, -0.25) is 9.59 Å². The Kier molecular flexibility index (Phi) is 8.44. The minimum absolute atomic E-state index is 0.0746. The summed E-state index contributed by atoms with van der Waals surface area (Å²) in [5.41, 5.74) is 4.40.